The van der Waals surface area contributed by atoms with E-state index in [2.05, 4.69) is 62.0 Å². The van der Waals surface area contributed by atoms with Crippen LogP contribution in [0.2, 0.25) is 0 Å². The van der Waals surface area contributed by atoms with Crippen LogP contribution in [0.3, 0.4) is 0 Å². The molecule has 33 heavy (non-hydrogen) atoms. The quantitative estimate of drug-likeness (QED) is 0.426. The first kappa shape index (κ1) is 25.5. The normalized spacial score (nSPS) is 46.3. The number of allylic oxidation sites excluding steroid dienone is 1. The molecule has 8 atom stereocenters. The second-order valence-corrected chi connectivity index (χ2v) is 14.6. The summed E-state index contributed by atoms with van der Waals surface area (Å²) >= 11 is 0. The zero-order valence-electron chi connectivity index (χ0n) is 23.0. The Labute approximate surface area is 204 Å². The highest BCUT2D eigenvalue weighted by molar-refractivity contribution is 5.85. The van der Waals surface area contributed by atoms with Crippen LogP contribution in [-0.2, 0) is 4.79 Å². The molecule has 4 saturated carbocycles. The van der Waals surface area contributed by atoms with Gasteiger partial charge in [0.25, 0.3) is 0 Å². The van der Waals surface area contributed by atoms with Gasteiger partial charge in [-0.15, -0.1) is 0 Å². The van der Waals surface area contributed by atoms with Gasteiger partial charge in [0.2, 0.25) is 0 Å². The van der Waals surface area contributed by atoms with E-state index in [0.29, 0.717) is 46.2 Å². The predicted molar refractivity (Wildman–Crippen MR) is 138 cm³/mol. The lowest BCUT2D eigenvalue weighted by atomic mass is 9.35. The number of hydrogen-bond donors (Lipinski definition) is 1. The number of aliphatic hydroxyl groups is 1. The Morgan fingerprint density at radius 2 is 1.64 bits per heavy atom. The summed E-state index contributed by atoms with van der Waals surface area (Å²) in [4.78, 5) is 12.9. The monoisotopic (exact) mass is 456 g/mol. The van der Waals surface area contributed by atoms with Crippen molar-refractivity contribution in [3.8, 4) is 0 Å². The van der Waals surface area contributed by atoms with Gasteiger partial charge in [0.15, 0.2) is 0 Å². The van der Waals surface area contributed by atoms with Crippen LogP contribution in [0.25, 0.3) is 0 Å². The molecule has 0 bridgehead atoms. The Balaban J connectivity index is 1.60. The van der Waals surface area contributed by atoms with Gasteiger partial charge in [0.1, 0.15) is 5.78 Å². The lowest BCUT2D eigenvalue weighted by molar-refractivity contribution is -0.207. The van der Waals surface area contributed by atoms with E-state index in [-0.39, 0.29) is 10.8 Å². The lowest BCUT2D eigenvalue weighted by Crippen LogP contribution is -2.63. The van der Waals surface area contributed by atoms with Gasteiger partial charge in [-0.1, -0.05) is 60.6 Å². The average molecular weight is 457 g/mol. The summed E-state index contributed by atoms with van der Waals surface area (Å²) in [7, 11) is 0. The SMILES string of the molecule is C=C(CC[C@@](C)(O)[C@H]1CC[C@]2(C)[C@@H]1CC[C@@H]1[C@@]3(C)CCC(=O)C(C)(C)[C@@H]3CC[C@]12C)C(C)C. The highest BCUT2D eigenvalue weighted by Gasteiger charge is 2.69. The maximum atomic E-state index is 12.9. The van der Waals surface area contributed by atoms with E-state index in [9.17, 15) is 9.90 Å². The minimum absolute atomic E-state index is 0.174. The largest absolute Gasteiger partial charge is 0.390 e. The minimum atomic E-state index is -0.607. The van der Waals surface area contributed by atoms with Crippen molar-refractivity contribution in [1.82, 2.24) is 0 Å². The third-order valence-corrected chi connectivity index (χ3v) is 12.7. The van der Waals surface area contributed by atoms with Gasteiger partial charge < -0.3 is 5.11 Å². The van der Waals surface area contributed by atoms with Gasteiger partial charge >= 0.3 is 0 Å². The Hall–Kier alpha value is -0.630. The third-order valence-electron chi connectivity index (χ3n) is 12.7. The molecule has 0 heterocycles. The molecule has 1 N–H and O–H groups in total. The lowest BCUT2D eigenvalue weighted by Gasteiger charge is -2.69. The predicted octanol–water partition coefficient (Wildman–Crippen LogP) is 7.98. The molecular weight excluding hydrogens is 404 g/mol. The molecule has 0 aromatic heterocycles. The van der Waals surface area contributed by atoms with E-state index < -0.39 is 5.60 Å². The second-order valence-electron chi connectivity index (χ2n) is 14.6. The van der Waals surface area contributed by atoms with Crippen LogP contribution in [-0.4, -0.2) is 16.5 Å². The van der Waals surface area contributed by atoms with Gasteiger partial charge in [0.05, 0.1) is 5.60 Å². The first-order valence-corrected chi connectivity index (χ1v) is 14.0. The van der Waals surface area contributed by atoms with E-state index >= 15 is 0 Å². The van der Waals surface area contributed by atoms with Crippen LogP contribution in [0.1, 0.15) is 120 Å². The average Bonchev–Trinajstić information content (AvgIpc) is 3.08. The smallest absolute Gasteiger partial charge is 0.138 e. The summed E-state index contributed by atoms with van der Waals surface area (Å²) in [6, 6.07) is 0. The molecule has 0 amide bonds. The molecule has 0 saturated heterocycles. The van der Waals surface area contributed by atoms with Crippen molar-refractivity contribution in [1.29, 1.82) is 0 Å². The first-order valence-electron chi connectivity index (χ1n) is 14.0. The van der Waals surface area contributed by atoms with Gasteiger partial charge in [-0.3, -0.25) is 4.79 Å². The number of carbonyl (C=O) groups excluding carboxylic acids is 1. The van der Waals surface area contributed by atoms with Crippen molar-refractivity contribution in [2.24, 2.45) is 51.2 Å². The van der Waals surface area contributed by atoms with E-state index in [0.717, 1.165) is 32.1 Å². The van der Waals surface area contributed by atoms with Crippen LogP contribution in [0, 0.1) is 51.2 Å². The molecule has 0 radical (unpaired) electrons. The molecule has 0 unspecified atom stereocenters. The summed E-state index contributed by atoms with van der Waals surface area (Å²) in [5.41, 5.74) is 1.36. The number of ketones is 1. The first-order chi connectivity index (χ1) is 15.1. The van der Waals surface area contributed by atoms with Crippen molar-refractivity contribution in [2.75, 3.05) is 0 Å². The summed E-state index contributed by atoms with van der Waals surface area (Å²) in [5.74, 6) is 3.21. The van der Waals surface area contributed by atoms with Gasteiger partial charge in [-0.25, -0.2) is 0 Å². The number of hydrogen-bond acceptors (Lipinski definition) is 2. The maximum absolute atomic E-state index is 12.9. The molecule has 0 spiro atoms. The molecule has 4 rings (SSSR count). The summed E-state index contributed by atoms with van der Waals surface area (Å²) in [6.45, 7) is 23.1. The van der Waals surface area contributed by atoms with Crippen LogP contribution in [0.15, 0.2) is 12.2 Å². The second kappa shape index (κ2) is 7.94. The number of rotatable bonds is 5. The van der Waals surface area contributed by atoms with Crippen molar-refractivity contribution in [3.05, 3.63) is 12.2 Å². The highest BCUT2D eigenvalue weighted by atomic mass is 16.3. The minimum Gasteiger partial charge on any atom is -0.390 e. The molecule has 2 heteroatoms. The molecule has 188 valence electrons. The molecule has 4 aliphatic rings. The Kier molecular flexibility index (Phi) is 6.13. The van der Waals surface area contributed by atoms with E-state index in [1.54, 1.807) is 0 Å². The van der Waals surface area contributed by atoms with Crippen molar-refractivity contribution >= 4 is 5.78 Å². The number of carbonyl (C=O) groups is 1. The van der Waals surface area contributed by atoms with Crippen LogP contribution in [0.5, 0.6) is 0 Å². The Morgan fingerprint density at radius 3 is 2.27 bits per heavy atom. The Bertz CT molecular complexity index is 806. The number of fused-ring (bicyclic) bond motifs is 5. The van der Waals surface area contributed by atoms with Crippen molar-refractivity contribution in [3.63, 3.8) is 0 Å². The highest BCUT2D eigenvalue weighted by Crippen LogP contribution is 2.75. The fourth-order valence-corrected chi connectivity index (χ4v) is 10.2. The topological polar surface area (TPSA) is 37.3 Å². The fourth-order valence-electron chi connectivity index (χ4n) is 10.2. The molecule has 0 aliphatic heterocycles. The summed E-state index contributed by atoms with van der Waals surface area (Å²) in [6.07, 6.45) is 11.0. The van der Waals surface area contributed by atoms with Crippen molar-refractivity contribution < 1.29 is 9.90 Å². The summed E-state index contributed by atoms with van der Waals surface area (Å²) < 4.78 is 0. The maximum Gasteiger partial charge on any atom is 0.138 e. The standard InChI is InChI=1S/C31H52O2/c1-20(2)21(3)12-19-31(9,33)23-13-17-29(7)22(23)10-11-25-28(6)16-15-26(32)27(4,5)24(28)14-18-30(25,29)8/h20,22-25,33H,3,10-19H2,1-2,4-9H3/t22-,23+,24+,25-,28+,29-,30-,31-/m1/s1. The number of Topliss-reactive ketones (excluding diaryl/α,β-unsaturated/α-hetero) is 1. The molecule has 0 aromatic carbocycles. The van der Waals surface area contributed by atoms with E-state index in [4.69, 9.17) is 0 Å². The molecule has 4 aliphatic carbocycles. The molecular formula is C31H52O2. The Morgan fingerprint density at radius 1 is 1.00 bits per heavy atom. The van der Waals surface area contributed by atoms with Crippen LogP contribution in [0.4, 0.5) is 0 Å². The van der Waals surface area contributed by atoms with Crippen molar-refractivity contribution in [2.45, 2.75) is 125 Å². The zero-order chi connectivity index (χ0) is 24.6. The zero-order valence-corrected chi connectivity index (χ0v) is 23.0. The molecule has 4 fully saturated rings. The fraction of sp³-hybridized carbons (Fsp3) is 0.903. The van der Waals surface area contributed by atoms with Gasteiger partial charge in [-0.05, 0) is 111 Å². The molecule has 2 nitrogen and oxygen atoms in total. The van der Waals surface area contributed by atoms with Crippen LogP contribution < -0.4 is 0 Å². The summed E-state index contributed by atoms with van der Waals surface area (Å²) in [5, 5.41) is 11.7. The van der Waals surface area contributed by atoms with E-state index in [1.807, 2.05) is 0 Å². The van der Waals surface area contributed by atoms with E-state index in [1.165, 1.54) is 37.7 Å². The van der Waals surface area contributed by atoms with Gasteiger partial charge in [-0.2, -0.15) is 0 Å². The van der Waals surface area contributed by atoms with Gasteiger partial charge in [0, 0.05) is 11.8 Å². The third kappa shape index (κ3) is 3.54. The van der Waals surface area contributed by atoms with Crippen LogP contribution >= 0.6 is 0 Å². The molecule has 0 aromatic rings.